The maximum Gasteiger partial charge on any atom is 0.280 e. The summed E-state index contributed by atoms with van der Waals surface area (Å²) < 4.78 is 10.3. The van der Waals surface area contributed by atoms with E-state index in [-0.39, 0.29) is 24.4 Å². The summed E-state index contributed by atoms with van der Waals surface area (Å²) in [5.41, 5.74) is 2.24. The van der Waals surface area contributed by atoms with Gasteiger partial charge in [-0.3, -0.25) is 9.59 Å². The number of para-hydroxylation sites is 1. The first-order chi connectivity index (χ1) is 18.0. The number of aryl methyl sites for hydroxylation is 2. The molecule has 0 aliphatic rings. The number of amides is 1. The van der Waals surface area contributed by atoms with Gasteiger partial charge >= 0.3 is 0 Å². The average molecular weight is 517 g/mol. The van der Waals surface area contributed by atoms with Gasteiger partial charge in [0.25, 0.3) is 5.56 Å². The van der Waals surface area contributed by atoms with Gasteiger partial charge in [-0.05, 0) is 55.8 Å². The van der Waals surface area contributed by atoms with Crippen molar-refractivity contribution in [3.63, 3.8) is 0 Å². The molecule has 9 nitrogen and oxygen atoms in total. The molecule has 0 unspecified atom stereocenters. The van der Waals surface area contributed by atoms with Crippen molar-refractivity contribution in [2.24, 2.45) is 0 Å². The summed E-state index contributed by atoms with van der Waals surface area (Å²) in [6.07, 6.45) is 4.36. The van der Waals surface area contributed by atoms with Crippen LogP contribution in [0, 0.1) is 6.92 Å². The van der Waals surface area contributed by atoms with Gasteiger partial charge in [-0.1, -0.05) is 29.8 Å². The quantitative estimate of drug-likeness (QED) is 0.321. The number of hydrogen-bond acceptors (Lipinski definition) is 5. The highest BCUT2D eigenvalue weighted by molar-refractivity contribution is 6.31. The number of fused-ring (bicyclic) bond motifs is 1. The summed E-state index contributed by atoms with van der Waals surface area (Å²) in [6.45, 7) is 2.11. The molecule has 0 atom stereocenters. The molecule has 5 aromatic rings. The van der Waals surface area contributed by atoms with Crippen molar-refractivity contribution in [1.82, 2.24) is 24.1 Å². The van der Waals surface area contributed by atoms with E-state index in [9.17, 15) is 9.59 Å². The molecule has 188 valence electrons. The third kappa shape index (κ3) is 4.85. The van der Waals surface area contributed by atoms with Crippen LogP contribution < -0.4 is 15.6 Å². The van der Waals surface area contributed by atoms with E-state index in [1.165, 1.54) is 11.8 Å². The number of hydrogen-bond donors (Lipinski definition) is 1. The Kier molecular flexibility index (Phi) is 6.78. The Balaban J connectivity index is 1.43. The number of anilines is 1. The van der Waals surface area contributed by atoms with Crippen LogP contribution in [0.5, 0.6) is 5.75 Å². The summed E-state index contributed by atoms with van der Waals surface area (Å²) in [5, 5.41) is 13.0. The van der Waals surface area contributed by atoms with E-state index in [2.05, 4.69) is 10.4 Å². The lowest BCUT2D eigenvalue weighted by molar-refractivity contribution is -0.116. The molecule has 0 bridgehead atoms. The number of nitrogens with one attached hydrogen (secondary N) is 1. The van der Waals surface area contributed by atoms with E-state index in [4.69, 9.17) is 21.4 Å². The van der Waals surface area contributed by atoms with Gasteiger partial charge < -0.3 is 14.6 Å². The van der Waals surface area contributed by atoms with Gasteiger partial charge in [0.05, 0.1) is 24.2 Å². The van der Waals surface area contributed by atoms with Crippen molar-refractivity contribution < 1.29 is 9.53 Å². The van der Waals surface area contributed by atoms with Crippen LogP contribution in [0.3, 0.4) is 0 Å². The molecule has 0 saturated heterocycles. The highest BCUT2D eigenvalue weighted by atomic mass is 35.5. The normalized spacial score (nSPS) is 11.1. The number of carbonyl (C=O) groups is 1. The molecule has 2 aromatic carbocycles. The number of benzene rings is 2. The van der Waals surface area contributed by atoms with Gasteiger partial charge in [0, 0.05) is 30.4 Å². The van der Waals surface area contributed by atoms with Gasteiger partial charge in [0.1, 0.15) is 16.7 Å². The van der Waals surface area contributed by atoms with Gasteiger partial charge in [-0.15, -0.1) is 0 Å². The zero-order valence-corrected chi connectivity index (χ0v) is 21.1. The number of carbonyl (C=O) groups excluding carboxylic acids is 1. The zero-order valence-electron chi connectivity index (χ0n) is 20.4. The molecule has 5 rings (SSSR count). The number of ether oxygens (including phenoxy) is 1. The first-order valence-corrected chi connectivity index (χ1v) is 12.2. The average Bonchev–Trinajstić information content (AvgIpc) is 3.56. The Hall–Kier alpha value is -4.37. The minimum Gasteiger partial charge on any atom is -0.495 e. The van der Waals surface area contributed by atoms with Crippen LogP contribution in [0.2, 0.25) is 5.02 Å². The van der Waals surface area contributed by atoms with Crippen LogP contribution in [0.15, 0.2) is 77.9 Å². The van der Waals surface area contributed by atoms with Crippen LogP contribution in [0.1, 0.15) is 18.5 Å². The Labute approximate surface area is 217 Å². The summed E-state index contributed by atoms with van der Waals surface area (Å²) in [5.74, 6) is 0.947. The molecule has 0 aliphatic heterocycles. The number of methoxy groups -OCH3 is 1. The number of halogens is 1. The molecule has 3 heterocycles. The third-order valence-electron chi connectivity index (χ3n) is 5.98. The zero-order chi connectivity index (χ0) is 25.9. The van der Waals surface area contributed by atoms with Gasteiger partial charge in [-0.25, -0.2) is 9.36 Å². The predicted molar refractivity (Wildman–Crippen MR) is 143 cm³/mol. The molecule has 37 heavy (non-hydrogen) atoms. The molecule has 1 amide bonds. The summed E-state index contributed by atoms with van der Waals surface area (Å²) >= 11 is 6.05. The fourth-order valence-corrected chi connectivity index (χ4v) is 4.43. The first kappa shape index (κ1) is 24.3. The topological polar surface area (TPSA) is 96.0 Å². The summed E-state index contributed by atoms with van der Waals surface area (Å²) in [7, 11) is 1.53. The molecular formula is C27H25ClN6O3. The van der Waals surface area contributed by atoms with E-state index < -0.39 is 0 Å². The minimum atomic E-state index is -0.261. The Morgan fingerprint density at radius 2 is 1.81 bits per heavy atom. The second kappa shape index (κ2) is 10.3. The van der Waals surface area contributed by atoms with Crippen molar-refractivity contribution in [3.8, 4) is 17.3 Å². The molecule has 1 N–H and O–H groups in total. The van der Waals surface area contributed by atoms with Crippen molar-refractivity contribution >= 4 is 34.1 Å². The van der Waals surface area contributed by atoms with Gasteiger partial charge in [-0.2, -0.15) is 10.2 Å². The van der Waals surface area contributed by atoms with Crippen molar-refractivity contribution in [2.45, 2.75) is 26.3 Å². The van der Waals surface area contributed by atoms with E-state index >= 15 is 0 Å². The minimum absolute atomic E-state index is 0.189. The van der Waals surface area contributed by atoms with Gasteiger partial charge in [0.15, 0.2) is 5.82 Å². The van der Waals surface area contributed by atoms with E-state index in [1.54, 1.807) is 22.9 Å². The maximum absolute atomic E-state index is 13.6. The van der Waals surface area contributed by atoms with E-state index in [1.807, 2.05) is 66.3 Å². The lowest BCUT2D eigenvalue weighted by Crippen LogP contribution is -2.25. The molecule has 0 fully saturated rings. The van der Waals surface area contributed by atoms with E-state index in [0.29, 0.717) is 45.3 Å². The molecule has 0 saturated carbocycles. The SMILES string of the molecule is COc1ccc(Cl)cc1NC(=O)CCCn1nc(C)c2nn(-c3ccccc3)c(-n3cccc3)c2c1=O. The van der Waals surface area contributed by atoms with Gasteiger partial charge in [0.2, 0.25) is 5.91 Å². The maximum atomic E-state index is 13.6. The second-order valence-corrected chi connectivity index (χ2v) is 8.93. The molecule has 0 aliphatic carbocycles. The summed E-state index contributed by atoms with van der Waals surface area (Å²) in [4.78, 5) is 26.2. The largest absolute Gasteiger partial charge is 0.495 e. The lowest BCUT2D eigenvalue weighted by Gasteiger charge is -2.11. The van der Waals surface area contributed by atoms with Crippen LogP contribution in [0.4, 0.5) is 5.69 Å². The monoisotopic (exact) mass is 516 g/mol. The van der Waals surface area contributed by atoms with Crippen LogP contribution in [0.25, 0.3) is 22.4 Å². The van der Waals surface area contributed by atoms with Crippen LogP contribution in [-0.2, 0) is 11.3 Å². The molecule has 10 heteroatoms. The summed E-state index contributed by atoms with van der Waals surface area (Å²) in [6, 6.07) is 18.5. The fraction of sp³-hybridized carbons (Fsp3) is 0.185. The lowest BCUT2D eigenvalue weighted by atomic mass is 10.2. The number of aromatic nitrogens is 5. The predicted octanol–water partition coefficient (Wildman–Crippen LogP) is 4.76. The van der Waals surface area contributed by atoms with Crippen LogP contribution >= 0.6 is 11.6 Å². The number of rotatable bonds is 8. The van der Waals surface area contributed by atoms with Crippen molar-refractivity contribution in [1.29, 1.82) is 0 Å². The number of nitrogens with zero attached hydrogens (tertiary/aromatic N) is 5. The Morgan fingerprint density at radius 3 is 2.54 bits per heavy atom. The molecule has 3 aromatic heterocycles. The van der Waals surface area contributed by atoms with E-state index in [0.717, 1.165) is 5.69 Å². The van der Waals surface area contributed by atoms with Crippen LogP contribution in [-0.4, -0.2) is 37.1 Å². The second-order valence-electron chi connectivity index (χ2n) is 8.49. The standard InChI is InChI=1S/C27H25ClN6O3/c1-18-25-24(26(32-14-6-7-15-32)34(31-25)20-9-4-3-5-10-20)27(36)33(30-18)16-8-11-23(35)29-21-17-19(28)12-13-22(21)37-2/h3-7,9-10,12-15,17H,8,11,16H2,1-2H3,(H,29,35). The third-order valence-corrected chi connectivity index (χ3v) is 6.22. The van der Waals surface area contributed by atoms with Crippen molar-refractivity contribution in [3.05, 3.63) is 94.1 Å². The highest BCUT2D eigenvalue weighted by Gasteiger charge is 2.21. The fourth-order valence-electron chi connectivity index (χ4n) is 4.26. The smallest absolute Gasteiger partial charge is 0.280 e. The Bertz CT molecular complexity index is 1620. The Morgan fingerprint density at radius 1 is 1.05 bits per heavy atom. The molecule has 0 radical (unpaired) electrons. The first-order valence-electron chi connectivity index (χ1n) is 11.8. The highest BCUT2D eigenvalue weighted by Crippen LogP contribution is 2.28. The van der Waals surface area contributed by atoms with Crippen molar-refractivity contribution in [2.75, 3.05) is 12.4 Å². The molecule has 0 spiro atoms. The molecular weight excluding hydrogens is 492 g/mol.